The summed E-state index contributed by atoms with van der Waals surface area (Å²) in [5.74, 6) is 1.10. The van der Waals surface area contributed by atoms with Gasteiger partial charge in [0.1, 0.15) is 11.8 Å². The van der Waals surface area contributed by atoms with Gasteiger partial charge < -0.3 is 14.8 Å². The van der Waals surface area contributed by atoms with Crippen molar-refractivity contribution in [1.29, 1.82) is 5.26 Å². The van der Waals surface area contributed by atoms with E-state index in [9.17, 15) is 0 Å². The molecule has 2 heterocycles. The molecule has 0 bridgehead atoms. The molecule has 0 aromatic carbocycles. The lowest BCUT2D eigenvalue weighted by Gasteiger charge is -2.24. The summed E-state index contributed by atoms with van der Waals surface area (Å²) >= 11 is 0. The number of fused-ring (bicyclic) bond motifs is 1. The second-order valence-corrected chi connectivity index (χ2v) is 5.20. The second-order valence-electron chi connectivity index (χ2n) is 5.20. The predicted octanol–water partition coefficient (Wildman–Crippen LogP) is 1.51. The van der Waals surface area contributed by atoms with Crippen molar-refractivity contribution in [2.75, 3.05) is 6.61 Å². The molecule has 0 radical (unpaired) electrons. The first-order valence-corrected chi connectivity index (χ1v) is 7.19. The van der Waals surface area contributed by atoms with E-state index in [0.717, 1.165) is 25.0 Å². The van der Waals surface area contributed by atoms with E-state index in [1.807, 2.05) is 23.0 Å². The number of rotatable bonds is 5. The molecule has 2 N–H and O–H groups in total. The number of aliphatic hydroxyl groups is 1. The molecule has 6 heteroatoms. The number of aliphatic hydroxyl groups excluding tert-OH is 1. The van der Waals surface area contributed by atoms with E-state index in [1.54, 1.807) is 6.07 Å². The van der Waals surface area contributed by atoms with Crippen LogP contribution in [0.25, 0.3) is 0 Å². The molecule has 1 unspecified atom stereocenters. The Bertz CT molecular complexity index is 653. The largest absolute Gasteiger partial charge is 0.449 e. The van der Waals surface area contributed by atoms with Crippen molar-refractivity contribution in [3.63, 3.8) is 0 Å². The number of nitrogens with zero attached hydrogens (tertiary/aromatic N) is 3. The standard InChI is InChI=1S/C15H18N4O2/c16-8-11-4-5-12(21-11)9-17-14-2-1-3-15-13(14)10-18-19(15)6-7-20/h4-5,10,14,17,20H,1-3,6-7,9H2. The Hall–Kier alpha value is -2.10. The lowest BCUT2D eigenvalue weighted by molar-refractivity contribution is 0.266. The van der Waals surface area contributed by atoms with Crippen molar-refractivity contribution < 1.29 is 9.52 Å². The Labute approximate surface area is 123 Å². The molecule has 0 saturated heterocycles. The molecule has 1 aliphatic rings. The quantitative estimate of drug-likeness (QED) is 0.870. The molecule has 2 aromatic heterocycles. The van der Waals surface area contributed by atoms with Crippen LogP contribution in [0.1, 0.15) is 41.7 Å². The molecule has 21 heavy (non-hydrogen) atoms. The third kappa shape index (κ3) is 2.84. The fourth-order valence-electron chi connectivity index (χ4n) is 2.87. The summed E-state index contributed by atoms with van der Waals surface area (Å²) < 4.78 is 7.27. The van der Waals surface area contributed by atoms with Crippen LogP contribution in [0.5, 0.6) is 0 Å². The van der Waals surface area contributed by atoms with Crippen LogP contribution in [0.15, 0.2) is 22.7 Å². The van der Waals surface area contributed by atoms with E-state index in [-0.39, 0.29) is 12.6 Å². The molecule has 110 valence electrons. The highest BCUT2D eigenvalue weighted by Gasteiger charge is 2.23. The highest BCUT2D eigenvalue weighted by atomic mass is 16.3. The molecule has 1 atom stereocenters. The highest BCUT2D eigenvalue weighted by molar-refractivity contribution is 5.25. The zero-order chi connectivity index (χ0) is 14.7. The third-order valence-corrected chi connectivity index (χ3v) is 3.87. The summed E-state index contributed by atoms with van der Waals surface area (Å²) in [6, 6.07) is 5.74. The van der Waals surface area contributed by atoms with Gasteiger partial charge in [-0.1, -0.05) is 0 Å². The summed E-state index contributed by atoms with van der Waals surface area (Å²) in [7, 11) is 0. The van der Waals surface area contributed by atoms with Crippen LogP contribution >= 0.6 is 0 Å². The first-order chi connectivity index (χ1) is 10.3. The van der Waals surface area contributed by atoms with Gasteiger partial charge in [-0.3, -0.25) is 4.68 Å². The van der Waals surface area contributed by atoms with E-state index < -0.39 is 0 Å². The number of furan rings is 1. The fourth-order valence-corrected chi connectivity index (χ4v) is 2.87. The zero-order valence-corrected chi connectivity index (χ0v) is 11.7. The highest BCUT2D eigenvalue weighted by Crippen LogP contribution is 2.29. The summed E-state index contributed by atoms with van der Waals surface area (Å²) in [5, 5.41) is 25.7. The van der Waals surface area contributed by atoms with Gasteiger partial charge in [-0.05, 0) is 31.4 Å². The number of hydrogen-bond donors (Lipinski definition) is 2. The topological polar surface area (TPSA) is 87.0 Å². The summed E-state index contributed by atoms with van der Waals surface area (Å²) in [5.41, 5.74) is 2.42. The van der Waals surface area contributed by atoms with Crippen molar-refractivity contribution in [3.05, 3.63) is 41.1 Å². The Morgan fingerprint density at radius 1 is 1.52 bits per heavy atom. The summed E-state index contributed by atoms with van der Waals surface area (Å²) in [4.78, 5) is 0. The lowest BCUT2D eigenvalue weighted by Crippen LogP contribution is -2.25. The number of hydrogen-bond acceptors (Lipinski definition) is 5. The van der Waals surface area contributed by atoms with Crippen LogP contribution in [0.4, 0.5) is 0 Å². The van der Waals surface area contributed by atoms with Gasteiger partial charge in [-0.2, -0.15) is 10.4 Å². The molecule has 1 aliphatic carbocycles. The van der Waals surface area contributed by atoms with Crippen molar-refractivity contribution in [2.24, 2.45) is 0 Å². The van der Waals surface area contributed by atoms with Gasteiger partial charge >= 0.3 is 0 Å². The van der Waals surface area contributed by atoms with Gasteiger partial charge in [0.15, 0.2) is 0 Å². The van der Waals surface area contributed by atoms with E-state index >= 15 is 0 Å². The first kappa shape index (κ1) is 13.9. The summed E-state index contributed by atoms with van der Waals surface area (Å²) in [6.45, 7) is 1.25. The van der Waals surface area contributed by atoms with Gasteiger partial charge in [-0.15, -0.1) is 0 Å². The second kappa shape index (κ2) is 6.12. The minimum absolute atomic E-state index is 0.107. The van der Waals surface area contributed by atoms with Crippen LogP contribution in [-0.2, 0) is 19.5 Å². The predicted molar refractivity (Wildman–Crippen MR) is 75.3 cm³/mol. The van der Waals surface area contributed by atoms with E-state index in [2.05, 4.69) is 10.4 Å². The van der Waals surface area contributed by atoms with Crippen LogP contribution in [-0.4, -0.2) is 21.5 Å². The summed E-state index contributed by atoms with van der Waals surface area (Å²) in [6.07, 6.45) is 5.06. The van der Waals surface area contributed by atoms with Crippen LogP contribution in [0.3, 0.4) is 0 Å². The van der Waals surface area contributed by atoms with Crippen molar-refractivity contribution in [2.45, 2.75) is 38.4 Å². The lowest BCUT2D eigenvalue weighted by atomic mass is 9.93. The third-order valence-electron chi connectivity index (χ3n) is 3.87. The molecule has 0 spiro atoms. The Balaban J connectivity index is 1.69. The van der Waals surface area contributed by atoms with Gasteiger partial charge in [0.25, 0.3) is 0 Å². The molecule has 3 rings (SSSR count). The molecule has 0 fully saturated rings. The monoisotopic (exact) mass is 286 g/mol. The molecule has 0 amide bonds. The van der Waals surface area contributed by atoms with E-state index in [0.29, 0.717) is 18.8 Å². The molecule has 6 nitrogen and oxygen atoms in total. The first-order valence-electron chi connectivity index (χ1n) is 7.19. The maximum absolute atomic E-state index is 9.07. The van der Waals surface area contributed by atoms with Gasteiger partial charge in [0.2, 0.25) is 5.76 Å². The van der Waals surface area contributed by atoms with Crippen molar-refractivity contribution in [1.82, 2.24) is 15.1 Å². The van der Waals surface area contributed by atoms with Crippen LogP contribution < -0.4 is 5.32 Å². The molecular formula is C15H18N4O2. The van der Waals surface area contributed by atoms with Crippen LogP contribution in [0, 0.1) is 11.3 Å². The Kier molecular flexibility index (Phi) is 4.04. The molecule has 2 aromatic rings. The maximum Gasteiger partial charge on any atom is 0.203 e. The molecule has 0 saturated carbocycles. The average molecular weight is 286 g/mol. The van der Waals surface area contributed by atoms with Gasteiger partial charge in [0.05, 0.1) is 25.9 Å². The van der Waals surface area contributed by atoms with E-state index in [1.165, 1.54) is 11.3 Å². The zero-order valence-electron chi connectivity index (χ0n) is 11.7. The fraction of sp³-hybridized carbons (Fsp3) is 0.467. The van der Waals surface area contributed by atoms with Crippen LogP contribution in [0.2, 0.25) is 0 Å². The van der Waals surface area contributed by atoms with Gasteiger partial charge in [0, 0.05) is 17.3 Å². The number of nitrogens with one attached hydrogen (secondary N) is 1. The van der Waals surface area contributed by atoms with Gasteiger partial charge in [-0.25, -0.2) is 0 Å². The number of nitriles is 1. The minimum Gasteiger partial charge on any atom is -0.449 e. The molecule has 0 aliphatic heterocycles. The normalized spacial score (nSPS) is 17.4. The van der Waals surface area contributed by atoms with Crippen molar-refractivity contribution in [3.8, 4) is 6.07 Å². The van der Waals surface area contributed by atoms with Crippen molar-refractivity contribution >= 4 is 0 Å². The number of aromatic nitrogens is 2. The maximum atomic E-state index is 9.07. The SMILES string of the molecule is N#Cc1ccc(CNC2CCCc3c2cnn3CCO)o1. The Morgan fingerprint density at radius 3 is 3.19 bits per heavy atom. The van der Waals surface area contributed by atoms with E-state index in [4.69, 9.17) is 14.8 Å². The minimum atomic E-state index is 0.107. The molecular weight excluding hydrogens is 268 g/mol. The Morgan fingerprint density at radius 2 is 2.43 bits per heavy atom. The smallest absolute Gasteiger partial charge is 0.203 e. The average Bonchev–Trinajstić information content (AvgIpc) is 3.13.